The van der Waals surface area contributed by atoms with Crippen molar-refractivity contribution in [3.05, 3.63) is 64.9 Å². The highest BCUT2D eigenvalue weighted by Crippen LogP contribution is 2.43. The largest absolute Gasteiger partial charge is 0.491 e. The lowest BCUT2D eigenvalue weighted by molar-refractivity contribution is -0.160. The molecule has 1 N–H and O–H groups in total. The molecule has 2 aromatic carbocycles. The van der Waals surface area contributed by atoms with E-state index in [-0.39, 0.29) is 50.3 Å². The summed E-state index contributed by atoms with van der Waals surface area (Å²) >= 11 is 0. The third-order valence-corrected chi connectivity index (χ3v) is 7.65. The van der Waals surface area contributed by atoms with Gasteiger partial charge < -0.3 is 33.4 Å². The normalized spacial score (nSPS) is 17.1. The predicted octanol–water partition coefficient (Wildman–Crippen LogP) is 6.32. The minimum absolute atomic E-state index is 0.00515. The van der Waals surface area contributed by atoms with Gasteiger partial charge in [0.05, 0.1) is 52.3 Å². The number of rotatable bonds is 18. The average molecular weight is 679 g/mol. The number of fused-ring (bicyclic) bond motifs is 3. The molecule has 0 saturated heterocycles. The number of ether oxygens (including phenoxy) is 6. The number of para-hydroxylation sites is 1. The molecule has 0 unspecified atom stereocenters. The highest BCUT2D eigenvalue weighted by atomic mass is 19.1. The molecule has 1 aromatic heterocycles. The standard InChI is InChI=1S/C36H49F3N2O7/c1-24-19-27-26-9-7-8-10-30(26)40-33(27)34(41(24)23-36(5,6)39)32-28(37)20-25(21-29(32)38)47-18-17-45-14-13-43-11-12-44-15-16-46-22-31(42)48-35(2,3)4/h7-10,20-21,24,34,40H,11-19,22-23H2,1-6H3/t24-,34-/m1/s1. The number of nitrogens with zero attached hydrogens (tertiary/aromatic N) is 1. The Morgan fingerprint density at radius 1 is 0.875 bits per heavy atom. The fraction of sp³-hybridized carbons (Fsp3) is 0.583. The van der Waals surface area contributed by atoms with Gasteiger partial charge in [-0.2, -0.15) is 0 Å². The van der Waals surface area contributed by atoms with Crippen molar-refractivity contribution >= 4 is 16.9 Å². The molecule has 2 atom stereocenters. The van der Waals surface area contributed by atoms with Crippen molar-refractivity contribution < 1.29 is 46.4 Å². The van der Waals surface area contributed by atoms with E-state index in [1.165, 1.54) is 26.0 Å². The number of esters is 1. The lowest BCUT2D eigenvalue weighted by Gasteiger charge is -2.43. The SMILES string of the molecule is C[C@@H]1Cc2c([nH]c3ccccc23)[C@@H](c2c(F)cc(OCCOCCOCCOCCOCC(=O)OC(C)(C)C)cc2F)N1CC(C)(C)F. The van der Waals surface area contributed by atoms with Crippen LogP contribution in [0.25, 0.3) is 10.9 Å². The van der Waals surface area contributed by atoms with Gasteiger partial charge in [-0.3, -0.25) is 4.90 Å². The minimum atomic E-state index is -1.58. The fourth-order valence-electron chi connectivity index (χ4n) is 5.81. The molecule has 0 aliphatic carbocycles. The number of aromatic nitrogens is 1. The first-order chi connectivity index (χ1) is 22.7. The molecule has 48 heavy (non-hydrogen) atoms. The molecule has 0 bridgehead atoms. The quantitative estimate of drug-likeness (QED) is 0.124. The highest BCUT2D eigenvalue weighted by molar-refractivity contribution is 5.85. The first-order valence-corrected chi connectivity index (χ1v) is 16.4. The Labute approximate surface area is 281 Å². The monoisotopic (exact) mass is 678 g/mol. The Morgan fingerprint density at radius 3 is 2.02 bits per heavy atom. The van der Waals surface area contributed by atoms with Crippen LogP contribution >= 0.6 is 0 Å². The van der Waals surface area contributed by atoms with Crippen LogP contribution in [0.2, 0.25) is 0 Å². The van der Waals surface area contributed by atoms with E-state index < -0.39 is 34.9 Å². The zero-order chi connectivity index (χ0) is 34.9. The molecule has 0 saturated carbocycles. The van der Waals surface area contributed by atoms with E-state index in [0.717, 1.165) is 16.5 Å². The van der Waals surface area contributed by atoms with Crippen molar-refractivity contribution in [1.29, 1.82) is 0 Å². The van der Waals surface area contributed by atoms with Gasteiger partial charge in [0.15, 0.2) is 0 Å². The summed E-state index contributed by atoms with van der Waals surface area (Å²) in [6.45, 7) is 12.4. The van der Waals surface area contributed by atoms with E-state index in [1.807, 2.05) is 36.1 Å². The smallest absolute Gasteiger partial charge is 0.332 e. The van der Waals surface area contributed by atoms with Gasteiger partial charge in [-0.05, 0) is 59.6 Å². The van der Waals surface area contributed by atoms with Gasteiger partial charge in [-0.25, -0.2) is 18.0 Å². The zero-order valence-corrected chi connectivity index (χ0v) is 28.8. The Kier molecular flexibility index (Phi) is 13.3. The molecule has 9 nitrogen and oxygen atoms in total. The van der Waals surface area contributed by atoms with Crippen LogP contribution in [-0.2, 0) is 34.9 Å². The number of aromatic amines is 1. The molecule has 0 radical (unpaired) electrons. The maximum Gasteiger partial charge on any atom is 0.332 e. The second-order valence-corrected chi connectivity index (χ2v) is 13.5. The minimum Gasteiger partial charge on any atom is -0.491 e. The van der Waals surface area contributed by atoms with Crippen LogP contribution in [0.3, 0.4) is 0 Å². The first kappa shape index (κ1) is 37.7. The molecular formula is C36H49F3N2O7. The third kappa shape index (κ3) is 10.9. The third-order valence-electron chi connectivity index (χ3n) is 7.65. The molecule has 12 heteroatoms. The fourth-order valence-corrected chi connectivity index (χ4v) is 5.81. The molecule has 2 heterocycles. The van der Waals surface area contributed by atoms with E-state index in [4.69, 9.17) is 28.4 Å². The Hall–Kier alpha value is -3.16. The van der Waals surface area contributed by atoms with Crippen LogP contribution in [0.4, 0.5) is 13.2 Å². The number of benzene rings is 2. The lowest BCUT2D eigenvalue weighted by Crippen LogP contribution is -2.48. The van der Waals surface area contributed by atoms with Gasteiger partial charge in [-0.15, -0.1) is 0 Å². The van der Waals surface area contributed by atoms with E-state index in [2.05, 4.69) is 4.98 Å². The van der Waals surface area contributed by atoms with Gasteiger partial charge >= 0.3 is 5.97 Å². The molecule has 1 aliphatic rings. The van der Waals surface area contributed by atoms with Crippen LogP contribution < -0.4 is 4.74 Å². The number of hydrogen-bond acceptors (Lipinski definition) is 8. The van der Waals surface area contributed by atoms with Crippen LogP contribution in [0.1, 0.15) is 64.4 Å². The summed E-state index contributed by atoms with van der Waals surface area (Å²) in [7, 11) is 0. The summed E-state index contributed by atoms with van der Waals surface area (Å²) in [6, 6.07) is 9.11. The number of nitrogens with one attached hydrogen (secondary N) is 1. The summed E-state index contributed by atoms with van der Waals surface area (Å²) in [5, 5.41) is 1.00. The molecule has 3 aromatic rings. The van der Waals surface area contributed by atoms with Crippen LogP contribution in [-0.4, -0.2) is 99.2 Å². The van der Waals surface area contributed by atoms with Gasteiger partial charge in [0.25, 0.3) is 0 Å². The van der Waals surface area contributed by atoms with E-state index in [0.29, 0.717) is 45.1 Å². The highest BCUT2D eigenvalue weighted by Gasteiger charge is 2.41. The topological polar surface area (TPSA) is 91.5 Å². The van der Waals surface area contributed by atoms with Crippen molar-refractivity contribution in [2.75, 3.05) is 66.0 Å². The molecular weight excluding hydrogens is 629 g/mol. The van der Waals surface area contributed by atoms with Crippen molar-refractivity contribution in [1.82, 2.24) is 9.88 Å². The Morgan fingerprint density at radius 2 is 1.44 bits per heavy atom. The van der Waals surface area contributed by atoms with Crippen molar-refractivity contribution in [2.24, 2.45) is 0 Å². The van der Waals surface area contributed by atoms with Gasteiger partial charge in [0, 0.05) is 46.9 Å². The summed E-state index contributed by atoms with van der Waals surface area (Å²) in [5.41, 5.74) is 0.277. The first-order valence-electron chi connectivity index (χ1n) is 16.4. The number of hydrogen-bond donors (Lipinski definition) is 1. The Bertz CT molecular complexity index is 1460. The average Bonchev–Trinajstić information content (AvgIpc) is 3.35. The van der Waals surface area contributed by atoms with Crippen molar-refractivity contribution in [3.8, 4) is 5.75 Å². The number of H-pyrrole nitrogens is 1. The summed E-state index contributed by atoms with van der Waals surface area (Å²) < 4.78 is 78.9. The van der Waals surface area contributed by atoms with Gasteiger partial charge in [-0.1, -0.05) is 18.2 Å². The second kappa shape index (κ2) is 17.0. The molecule has 0 fully saturated rings. The molecule has 266 valence electrons. The van der Waals surface area contributed by atoms with Crippen LogP contribution in [0, 0.1) is 11.6 Å². The van der Waals surface area contributed by atoms with E-state index >= 15 is 8.78 Å². The molecule has 1 aliphatic heterocycles. The lowest BCUT2D eigenvalue weighted by atomic mass is 9.87. The number of alkyl halides is 1. The Balaban J connectivity index is 1.21. The number of carbonyl (C=O) groups is 1. The summed E-state index contributed by atoms with van der Waals surface area (Å²) in [5.74, 6) is -1.91. The summed E-state index contributed by atoms with van der Waals surface area (Å²) in [4.78, 5) is 16.8. The maximum atomic E-state index is 15.8. The van der Waals surface area contributed by atoms with Crippen molar-refractivity contribution in [3.63, 3.8) is 0 Å². The van der Waals surface area contributed by atoms with E-state index in [1.54, 1.807) is 20.8 Å². The number of carbonyl (C=O) groups excluding carboxylic acids is 1. The zero-order valence-electron chi connectivity index (χ0n) is 28.8. The van der Waals surface area contributed by atoms with E-state index in [9.17, 15) is 9.18 Å². The van der Waals surface area contributed by atoms with Gasteiger partial charge in [0.2, 0.25) is 0 Å². The second-order valence-electron chi connectivity index (χ2n) is 13.5. The maximum absolute atomic E-state index is 15.8. The van der Waals surface area contributed by atoms with Crippen LogP contribution in [0.15, 0.2) is 36.4 Å². The number of halogens is 3. The predicted molar refractivity (Wildman–Crippen MR) is 176 cm³/mol. The van der Waals surface area contributed by atoms with Crippen molar-refractivity contribution in [2.45, 2.75) is 71.3 Å². The molecule has 0 amide bonds. The summed E-state index contributed by atoms with van der Waals surface area (Å²) in [6.07, 6.45) is 0.628. The van der Waals surface area contributed by atoms with Crippen LogP contribution in [0.5, 0.6) is 5.75 Å². The molecule has 4 rings (SSSR count). The molecule has 0 spiro atoms. The van der Waals surface area contributed by atoms with Gasteiger partial charge in [0.1, 0.15) is 41.9 Å².